The van der Waals surface area contributed by atoms with Gasteiger partial charge < -0.3 is 5.32 Å². The van der Waals surface area contributed by atoms with Crippen molar-refractivity contribution in [3.63, 3.8) is 0 Å². The lowest BCUT2D eigenvalue weighted by Gasteiger charge is -2.12. The van der Waals surface area contributed by atoms with E-state index in [4.69, 9.17) is 0 Å². The Morgan fingerprint density at radius 3 is 2.66 bits per heavy atom. The number of hydrogen-bond donors (Lipinski definition) is 2. The minimum absolute atomic E-state index is 0.136. The normalized spacial score (nSPS) is 11.1. The topological polar surface area (TPSA) is 92.1 Å². The van der Waals surface area contributed by atoms with Crippen LogP contribution in [0.5, 0.6) is 0 Å². The number of benzene rings is 1. The molecule has 4 aromatic rings. The van der Waals surface area contributed by atoms with Crippen molar-refractivity contribution in [2.24, 2.45) is 0 Å². The highest BCUT2D eigenvalue weighted by atomic mass is 32.2. The number of rotatable bonds is 5. The highest BCUT2D eigenvalue weighted by Gasteiger charge is 2.14. The van der Waals surface area contributed by atoms with Crippen LogP contribution in [-0.2, 0) is 11.2 Å². The molecule has 148 valence electrons. The van der Waals surface area contributed by atoms with E-state index in [1.807, 2.05) is 50.4 Å². The zero-order valence-corrected chi connectivity index (χ0v) is 17.8. The molecule has 1 aromatic carbocycles. The number of hydrogen-bond acceptors (Lipinski definition) is 6. The van der Waals surface area contributed by atoms with Gasteiger partial charge in [0.15, 0.2) is 9.99 Å². The summed E-state index contributed by atoms with van der Waals surface area (Å²) >= 11 is 3.22. The van der Waals surface area contributed by atoms with Crippen LogP contribution in [0.3, 0.4) is 0 Å². The Kier molecular flexibility index (Phi) is 5.25. The average molecular weight is 426 g/mol. The van der Waals surface area contributed by atoms with Crippen LogP contribution in [0.15, 0.2) is 49.7 Å². The molecule has 0 aliphatic rings. The number of aryl methyl sites for hydroxylation is 3. The molecule has 29 heavy (non-hydrogen) atoms. The fourth-order valence-electron chi connectivity index (χ4n) is 3.06. The van der Waals surface area contributed by atoms with Crippen molar-refractivity contribution < 1.29 is 4.79 Å². The van der Waals surface area contributed by atoms with E-state index >= 15 is 0 Å². The number of amides is 1. The molecule has 0 spiro atoms. The third kappa shape index (κ3) is 4.25. The molecule has 0 aliphatic carbocycles. The van der Waals surface area contributed by atoms with E-state index in [2.05, 4.69) is 20.4 Å². The van der Waals surface area contributed by atoms with Crippen molar-refractivity contribution in [1.29, 1.82) is 0 Å². The van der Waals surface area contributed by atoms with Crippen LogP contribution >= 0.6 is 23.1 Å². The van der Waals surface area contributed by atoms with Gasteiger partial charge in [0.25, 0.3) is 5.56 Å². The fraction of sp³-hybridized carbons (Fsp3) is 0.200. The molecule has 0 unspecified atom stereocenters. The number of anilines is 1. The molecule has 0 saturated heterocycles. The van der Waals surface area contributed by atoms with E-state index in [9.17, 15) is 9.59 Å². The van der Waals surface area contributed by atoms with Gasteiger partial charge in [0.2, 0.25) is 5.91 Å². The molecule has 3 heterocycles. The van der Waals surface area contributed by atoms with Crippen LogP contribution < -0.4 is 10.9 Å². The van der Waals surface area contributed by atoms with Gasteiger partial charge in [-0.2, -0.15) is 0 Å². The van der Waals surface area contributed by atoms with E-state index < -0.39 is 0 Å². The molecule has 9 heteroatoms. The largest absolute Gasteiger partial charge is 0.326 e. The zero-order chi connectivity index (χ0) is 20.5. The van der Waals surface area contributed by atoms with Crippen LogP contribution in [-0.4, -0.2) is 25.5 Å². The average Bonchev–Trinajstić information content (AvgIpc) is 3.25. The van der Waals surface area contributed by atoms with E-state index in [0.717, 1.165) is 37.6 Å². The number of aromatic amines is 1. The maximum atomic E-state index is 12.6. The van der Waals surface area contributed by atoms with E-state index in [0.29, 0.717) is 5.65 Å². The fourth-order valence-corrected chi connectivity index (χ4v) is 4.87. The highest BCUT2D eigenvalue weighted by Crippen LogP contribution is 2.30. The predicted octanol–water partition coefficient (Wildman–Crippen LogP) is 3.74. The minimum atomic E-state index is -0.215. The third-order valence-electron chi connectivity index (χ3n) is 4.48. The molecule has 2 N–H and O–H groups in total. The first-order valence-electron chi connectivity index (χ1n) is 8.97. The quantitative estimate of drug-likeness (QED) is 0.508. The number of nitrogens with zero attached hydrogens (tertiary/aromatic N) is 3. The second-order valence-electron chi connectivity index (χ2n) is 6.68. The molecular formula is C20H19N5O2S2. The van der Waals surface area contributed by atoms with Crippen molar-refractivity contribution in [1.82, 2.24) is 19.6 Å². The molecule has 1 amide bonds. The molecule has 0 atom stereocenters. The Hall–Kier alpha value is -2.91. The Labute approximate surface area is 175 Å². The molecule has 0 radical (unpaired) electrons. The van der Waals surface area contributed by atoms with E-state index in [1.165, 1.54) is 6.07 Å². The molecule has 0 aliphatic heterocycles. The van der Waals surface area contributed by atoms with Crippen molar-refractivity contribution in [2.45, 2.75) is 36.4 Å². The molecule has 0 saturated carbocycles. The summed E-state index contributed by atoms with van der Waals surface area (Å²) in [6, 6.07) is 9.13. The smallest absolute Gasteiger partial charge is 0.266 e. The number of fused-ring (bicyclic) bond motifs is 1. The summed E-state index contributed by atoms with van der Waals surface area (Å²) in [6.07, 6.45) is 0.176. The lowest BCUT2D eigenvalue weighted by molar-refractivity contribution is -0.115. The maximum Gasteiger partial charge on any atom is 0.266 e. The first kappa shape index (κ1) is 19.4. The number of nitrogens with one attached hydrogen (secondary N) is 2. The Balaban J connectivity index is 1.46. The SMILES string of the molecule is Cc1csc(Sc2ccc(NC(=O)Cc3c(C)nc4cc(=O)[nH]n4c3C)cc2)n1. The summed E-state index contributed by atoms with van der Waals surface area (Å²) < 4.78 is 2.61. The Bertz CT molecular complexity index is 1250. The van der Waals surface area contributed by atoms with Gasteiger partial charge in [0.05, 0.1) is 6.42 Å². The van der Waals surface area contributed by atoms with Gasteiger partial charge in [-0.05, 0) is 45.0 Å². The minimum Gasteiger partial charge on any atom is -0.326 e. The van der Waals surface area contributed by atoms with Gasteiger partial charge in [-0.25, -0.2) is 14.5 Å². The van der Waals surface area contributed by atoms with Gasteiger partial charge in [-0.15, -0.1) is 11.3 Å². The summed E-state index contributed by atoms with van der Waals surface area (Å²) in [4.78, 5) is 34.1. The number of carbonyl (C=O) groups is 1. The predicted molar refractivity (Wildman–Crippen MR) is 115 cm³/mol. The van der Waals surface area contributed by atoms with Gasteiger partial charge >= 0.3 is 0 Å². The number of carbonyl (C=O) groups excluding carboxylic acids is 1. The lowest BCUT2D eigenvalue weighted by Crippen LogP contribution is -2.17. The number of aromatic nitrogens is 4. The van der Waals surface area contributed by atoms with Crippen LogP contribution in [0, 0.1) is 20.8 Å². The van der Waals surface area contributed by atoms with Crippen molar-refractivity contribution in [3.05, 3.63) is 68.7 Å². The van der Waals surface area contributed by atoms with Gasteiger partial charge in [0.1, 0.15) is 0 Å². The molecule has 3 aromatic heterocycles. The monoisotopic (exact) mass is 425 g/mol. The number of H-pyrrole nitrogens is 1. The first-order valence-corrected chi connectivity index (χ1v) is 10.7. The molecule has 4 rings (SSSR count). The molecule has 7 nitrogen and oxygen atoms in total. The molecule has 0 bridgehead atoms. The standard InChI is InChI=1S/C20H19N5O2S2/c1-11-10-28-20(21-11)29-15-6-4-14(5-7-15)23-18(26)8-16-12(2)22-17-9-19(27)24-25(17)13(16)3/h4-7,9-10H,8H2,1-3H3,(H,23,26)(H,24,27). The van der Waals surface area contributed by atoms with E-state index in [-0.39, 0.29) is 17.9 Å². The summed E-state index contributed by atoms with van der Waals surface area (Å²) in [5.41, 5.74) is 4.42. The summed E-state index contributed by atoms with van der Waals surface area (Å²) in [5.74, 6) is -0.136. The summed E-state index contributed by atoms with van der Waals surface area (Å²) in [6.45, 7) is 5.69. The second-order valence-corrected chi connectivity index (χ2v) is 8.86. The summed E-state index contributed by atoms with van der Waals surface area (Å²) in [7, 11) is 0. The summed E-state index contributed by atoms with van der Waals surface area (Å²) in [5, 5.41) is 7.65. The van der Waals surface area contributed by atoms with Crippen LogP contribution in [0.1, 0.15) is 22.6 Å². The van der Waals surface area contributed by atoms with Crippen molar-refractivity contribution in [2.75, 3.05) is 5.32 Å². The van der Waals surface area contributed by atoms with Gasteiger partial charge in [-0.1, -0.05) is 11.8 Å². The Morgan fingerprint density at radius 1 is 1.21 bits per heavy atom. The van der Waals surface area contributed by atoms with Gasteiger partial charge in [0, 0.05) is 44.7 Å². The second kappa shape index (κ2) is 7.84. The van der Waals surface area contributed by atoms with Crippen molar-refractivity contribution in [3.8, 4) is 0 Å². The van der Waals surface area contributed by atoms with Crippen molar-refractivity contribution >= 4 is 40.3 Å². The van der Waals surface area contributed by atoms with Crippen LogP contribution in [0.2, 0.25) is 0 Å². The van der Waals surface area contributed by atoms with Gasteiger partial charge in [-0.3, -0.25) is 14.7 Å². The van der Waals surface area contributed by atoms with E-state index in [1.54, 1.807) is 27.6 Å². The highest BCUT2D eigenvalue weighted by molar-refractivity contribution is 8.01. The Morgan fingerprint density at radius 2 is 1.97 bits per heavy atom. The zero-order valence-electron chi connectivity index (χ0n) is 16.1. The molecule has 0 fully saturated rings. The lowest BCUT2D eigenvalue weighted by atomic mass is 10.1. The van der Waals surface area contributed by atoms with Crippen LogP contribution in [0.4, 0.5) is 5.69 Å². The third-order valence-corrected chi connectivity index (χ3v) is 6.55. The molecular weight excluding hydrogens is 406 g/mol. The van der Waals surface area contributed by atoms with Crippen LogP contribution in [0.25, 0.3) is 5.65 Å². The maximum absolute atomic E-state index is 12.6. The first-order chi connectivity index (χ1) is 13.9. The number of thiazole rings is 1.